The molecule has 24 heavy (non-hydrogen) atoms. The molecule has 0 spiro atoms. The summed E-state index contributed by atoms with van der Waals surface area (Å²) in [5.41, 5.74) is 2.14. The zero-order valence-electron chi connectivity index (χ0n) is 13.4. The molecule has 1 amide bonds. The van der Waals surface area contributed by atoms with Crippen molar-refractivity contribution in [3.05, 3.63) is 63.6 Å². The minimum absolute atomic E-state index is 0.0349. The molecule has 128 valence electrons. The van der Waals surface area contributed by atoms with Gasteiger partial charge in [-0.3, -0.25) is 4.79 Å². The van der Waals surface area contributed by atoms with Gasteiger partial charge in [0.05, 0.1) is 5.75 Å². The minimum atomic E-state index is 0.0349. The molecule has 2 rings (SSSR count). The van der Waals surface area contributed by atoms with Gasteiger partial charge in [-0.1, -0.05) is 47.0 Å². The van der Waals surface area contributed by atoms with Crippen molar-refractivity contribution in [2.75, 3.05) is 18.1 Å². The number of carbonyl (C=O) groups is 1. The van der Waals surface area contributed by atoms with Crippen molar-refractivity contribution in [2.24, 2.45) is 0 Å². The summed E-state index contributed by atoms with van der Waals surface area (Å²) >= 11 is 15.5. The van der Waals surface area contributed by atoms with Gasteiger partial charge in [-0.2, -0.15) is 0 Å². The van der Waals surface area contributed by atoms with Gasteiger partial charge in [0.1, 0.15) is 0 Å². The molecule has 2 nitrogen and oxygen atoms in total. The average Bonchev–Trinajstić information content (AvgIpc) is 2.56. The molecule has 2 aromatic rings. The number of aryl methyl sites for hydroxylation is 1. The molecule has 0 aliphatic carbocycles. The first-order chi connectivity index (χ1) is 11.6. The van der Waals surface area contributed by atoms with E-state index in [-0.39, 0.29) is 5.91 Å². The van der Waals surface area contributed by atoms with Gasteiger partial charge in [0.25, 0.3) is 0 Å². The lowest BCUT2D eigenvalue weighted by atomic mass is 10.2. The predicted molar refractivity (Wildman–Crippen MR) is 108 cm³/mol. The second kappa shape index (κ2) is 10.2. The van der Waals surface area contributed by atoms with Crippen LogP contribution in [0.15, 0.2) is 47.4 Å². The maximum absolute atomic E-state index is 11.9. The smallest absolute Gasteiger partial charge is 0.230 e. The van der Waals surface area contributed by atoms with Gasteiger partial charge in [-0.05, 0) is 36.8 Å². The molecule has 6 heteroatoms. The van der Waals surface area contributed by atoms with E-state index in [4.69, 9.17) is 23.2 Å². The van der Waals surface area contributed by atoms with Crippen LogP contribution < -0.4 is 5.32 Å². The fourth-order valence-corrected chi connectivity index (χ4v) is 4.32. The normalized spacial score (nSPS) is 10.6. The van der Waals surface area contributed by atoms with Crippen molar-refractivity contribution in [3.8, 4) is 0 Å². The Morgan fingerprint density at radius 1 is 1.08 bits per heavy atom. The van der Waals surface area contributed by atoms with Crippen LogP contribution >= 0.6 is 46.7 Å². The van der Waals surface area contributed by atoms with Crippen LogP contribution in [0, 0.1) is 6.92 Å². The summed E-state index contributed by atoms with van der Waals surface area (Å²) in [6, 6.07) is 13.8. The number of thioether (sulfide) groups is 2. The molecule has 0 aromatic heterocycles. The van der Waals surface area contributed by atoms with Crippen LogP contribution in [0.5, 0.6) is 0 Å². The Hall–Kier alpha value is -0.810. The van der Waals surface area contributed by atoms with E-state index in [2.05, 4.69) is 36.5 Å². The van der Waals surface area contributed by atoms with Crippen molar-refractivity contribution < 1.29 is 4.79 Å². The highest BCUT2D eigenvalue weighted by Gasteiger charge is 2.07. The monoisotopic (exact) mass is 399 g/mol. The van der Waals surface area contributed by atoms with E-state index in [0.717, 1.165) is 11.3 Å². The zero-order chi connectivity index (χ0) is 17.4. The summed E-state index contributed by atoms with van der Waals surface area (Å²) < 4.78 is 0. The lowest BCUT2D eigenvalue weighted by Crippen LogP contribution is -2.27. The van der Waals surface area contributed by atoms with Gasteiger partial charge in [-0.25, -0.2) is 0 Å². The van der Waals surface area contributed by atoms with Gasteiger partial charge in [0, 0.05) is 33.0 Å². The number of amides is 1. The van der Waals surface area contributed by atoms with E-state index in [9.17, 15) is 4.79 Å². The number of hydrogen-bond donors (Lipinski definition) is 1. The second-order valence-corrected chi connectivity index (χ2v) is 8.17. The number of carbonyl (C=O) groups excluding carboxylic acids is 1. The minimum Gasteiger partial charge on any atom is -0.355 e. The summed E-state index contributed by atoms with van der Waals surface area (Å²) in [6.45, 7) is 2.73. The first-order valence-electron chi connectivity index (χ1n) is 7.53. The molecular weight excluding hydrogens is 381 g/mol. The number of halogens is 2. The lowest BCUT2D eigenvalue weighted by Gasteiger charge is -2.08. The number of rotatable bonds is 8. The van der Waals surface area contributed by atoms with Crippen LogP contribution in [0.4, 0.5) is 0 Å². The molecule has 0 fully saturated rings. The van der Waals surface area contributed by atoms with E-state index in [1.807, 2.05) is 18.2 Å². The molecule has 1 N–H and O–H groups in total. The first-order valence-corrected chi connectivity index (χ1v) is 10.4. The Balaban J connectivity index is 1.62. The van der Waals surface area contributed by atoms with E-state index < -0.39 is 0 Å². The molecule has 0 bridgehead atoms. The molecule has 0 aliphatic heterocycles. The molecule has 0 saturated carbocycles. The predicted octanol–water partition coefficient (Wildman–Crippen LogP) is 5.44. The standard InChI is InChI=1S/C18H19Cl2NOS2/c1-13-5-7-14(8-6-13)24-10-9-21-18(22)12-23-11-15-16(19)3-2-4-17(15)20/h2-8H,9-12H2,1H3,(H,21,22). The molecule has 0 saturated heterocycles. The van der Waals surface area contributed by atoms with Crippen LogP contribution in [0.3, 0.4) is 0 Å². The maximum Gasteiger partial charge on any atom is 0.230 e. The molecule has 0 radical (unpaired) electrons. The quantitative estimate of drug-likeness (QED) is 0.472. The van der Waals surface area contributed by atoms with Crippen LogP contribution in [0.2, 0.25) is 10.0 Å². The first kappa shape index (κ1) is 19.5. The van der Waals surface area contributed by atoms with Gasteiger partial charge in [0.2, 0.25) is 5.91 Å². The number of benzene rings is 2. The fraction of sp³-hybridized carbons (Fsp3) is 0.278. The maximum atomic E-state index is 11.9. The highest BCUT2D eigenvalue weighted by Crippen LogP contribution is 2.28. The molecule has 2 aromatic carbocycles. The summed E-state index contributed by atoms with van der Waals surface area (Å²) in [5.74, 6) is 1.92. The van der Waals surface area contributed by atoms with Crippen molar-refractivity contribution >= 4 is 52.6 Å². The van der Waals surface area contributed by atoms with Crippen molar-refractivity contribution in [1.29, 1.82) is 0 Å². The summed E-state index contributed by atoms with van der Waals surface area (Å²) in [4.78, 5) is 13.1. The van der Waals surface area contributed by atoms with Gasteiger partial charge < -0.3 is 5.32 Å². The van der Waals surface area contributed by atoms with Gasteiger partial charge >= 0.3 is 0 Å². The Morgan fingerprint density at radius 2 is 1.75 bits per heavy atom. The highest BCUT2D eigenvalue weighted by molar-refractivity contribution is 7.99. The van der Waals surface area contributed by atoms with Crippen LogP contribution in [-0.4, -0.2) is 24.0 Å². The van der Waals surface area contributed by atoms with Crippen molar-refractivity contribution in [3.63, 3.8) is 0 Å². The molecular formula is C18H19Cl2NOS2. The topological polar surface area (TPSA) is 29.1 Å². The Morgan fingerprint density at radius 3 is 2.42 bits per heavy atom. The Labute approximate surface area is 161 Å². The number of hydrogen-bond acceptors (Lipinski definition) is 3. The third kappa shape index (κ3) is 6.60. The van der Waals surface area contributed by atoms with E-state index in [0.29, 0.717) is 28.1 Å². The van der Waals surface area contributed by atoms with E-state index in [1.54, 1.807) is 11.8 Å². The van der Waals surface area contributed by atoms with E-state index in [1.165, 1.54) is 22.2 Å². The summed E-state index contributed by atoms with van der Waals surface area (Å²) in [5, 5.41) is 4.22. The summed E-state index contributed by atoms with van der Waals surface area (Å²) in [7, 11) is 0. The third-order valence-corrected chi connectivity index (χ3v) is 5.94. The van der Waals surface area contributed by atoms with Crippen LogP contribution in [-0.2, 0) is 10.5 Å². The van der Waals surface area contributed by atoms with Gasteiger partial charge in [0.15, 0.2) is 0 Å². The fourth-order valence-electron chi connectivity index (χ4n) is 1.96. The number of nitrogens with one attached hydrogen (secondary N) is 1. The highest BCUT2D eigenvalue weighted by atomic mass is 35.5. The Bertz CT molecular complexity index is 657. The van der Waals surface area contributed by atoms with Gasteiger partial charge in [-0.15, -0.1) is 23.5 Å². The largest absolute Gasteiger partial charge is 0.355 e. The summed E-state index contributed by atoms with van der Waals surface area (Å²) in [6.07, 6.45) is 0. The van der Waals surface area contributed by atoms with Crippen molar-refractivity contribution in [2.45, 2.75) is 17.6 Å². The average molecular weight is 400 g/mol. The molecule has 0 aliphatic rings. The third-order valence-electron chi connectivity index (χ3n) is 3.26. The van der Waals surface area contributed by atoms with Crippen molar-refractivity contribution in [1.82, 2.24) is 5.32 Å². The van der Waals surface area contributed by atoms with E-state index >= 15 is 0 Å². The molecule has 0 unspecified atom stereocenters. The zero-order valence-corrected chi connectivity index (χ0v) is 16.5. The molecule has 0 heterocycles. The Kier molecular flexibility index (Phi) is 8.33. The van der Waals surface area contributed by atoms with Crippen LogP contribution in [0.25, 0.3) is 0 Å². The SMILES string of the molecule is Cc1ccc(SCCNC(=O)CSCc2c(Cl)cccc2Cl)cc1. The lowest BCUT2D eigenvalue weighted by molar-refractivity contribution is -0.118. The van der Waals surface area contributed by atoms with Crippen LogP contribution in [0.1, 0.15) is 11.1 Å². The second-order valence-electron chi connectivity index (χ2n) is 5.20. The molecule has 0 atom stereocenters.